The maximum atomic E-state index is 9.59. The van der Waals surface area contributed by atoms with Crippen molar-refractivity contribution in [2.24, 2.45) is 4.99 Å². The van der Waals surface area contributed by atoms with Crippen LogP contribution in [0, 0.1) is 11.3 Å². The first kappa shape index (κ1) is 17.1. The summed E-state index contributed by atoms with van der Waals surface area (Å²) < 4.78 is 0.919. The van der Waals surface area contributed by atoms with Crippen LogP contribution < -0.4 is 0 Å². The highest BCUT2D eigenvalue weighted by Crippen LogP contribution is 2.14. The summed E-state index contributed by atoms with van der Waals surface area (Å²) in [6, 6.07) is 25.5. The molecule has 4 heteroatoms. The number of halogens is 1. The lowest BCUT2D eigenvalue weighted by Gasteiger charge is -2.11. The molecule has 1 heterocycles. The molecule has 0 saturated heterocycles. The van der Waals surface area contributed by atoms with Crippen molar-refractivity contribution in [3.05, 3.63) is 100 Å². The molecule has 0 saturated carbocycles. The minimum Gasteiger partial charge on any atom is -0.265 e. The zero-order valence-corrected chi connectivity index (χ0v) is 15.1. The predicted molar refractivity (Wildman–Crippen MR) is 104 cm³/mol. The van der Waals surface area contributed by atoms with E-state index in [-0.39, 0.29) is 0 Å². The second-order valence-corrected chi connectivity index (χ2v) is 6.44. The molecular weight excluding hydrogens is 374 g/mol. The fraction of sp³-hybridized carbons (Fsp3) is 0.0952. The maximum absolute atomic E-state index is 9.59. The van der Waals surface area contributed by atoms with E-state index in [1.165, 1.54) is 0 Å². The number of pyridine rings is 1. The lowest BCUT2D eigenvalue weighted by Crippen LogP contribution is -2.13. The van der Waals surface area contributed by atoms with Gasteiger partial charge in [0.05, 0.1) is 11.8 Å². The molecule has 0 amide bonds. The Kier molecular flexibility index (Phi) is 5.71. The Balaban J connectivity index is 1.96. The van der Waals surface area contributed by atoms with Crippen LogP contribution in [0.1, 0.15) is 16.8 Å². The van der Waals surface area contributed by atoms with E-state index in [2.05, 4.69) is 27.0 Å². The molecule has 0 N–H and O–H groups in total. The number of aromatic nitrogens is 1. The van der Waals surface area contributed by atoms with Crippen molar-refractivity contribution in [2.75, 3.05) is 0 Å². The third-order valence-electron chi connectivity index (χ3n) is 3.72. The first-order valence-corrected chi connectivity index (χ1v) is 8.74. The van der Waals surface area contributed by atoms with Gasteiger partial charge in [0.25, 0.3) is 0 Å². The molecule has 0 aliphatic heterocycles. The van der Waals surface area contributed by atoms with Crippen LogP contribution in [0.4, 0.5) is 0 Å². The Hall–Kier alpha value is -2.77. The summed E-state index contributed by atoms with van der Waals surface area (Å²) in [6.45, 7) is 0. The summed E-state index contributed by atoms with van der Waals surface area (Å²) in [4.78, 5) is 9.11. The number of hydrogen-bond donors (Lipinski definition) is 0. The fourth-order valence-electron chi connectivity index (χ4n) is 2.51. The molecule has 0 fully saturated rings. The van der Waals surface area contributed by atoms with E-state index in [0.717, 1.165) is 27.0 Å². The molecule has 0 aliphatic carbocycles. The molecule has 1 aromatic heterocycles. The van der Waals surface area contributed by atoms with E-state index in [1.54, 1.807) is 6.20 Å². The minimum atomic E-state index is -0.496. The molecule has 3 rings (SSSR count). The van der Waals surface area contributed by atoms with Crippen LogP contribution in [-0.2, 0) is 6.42 Å². The normalized spacial score (nSPS) is 11.4. The summed E-state index contributed by atoms with van der Waals surface area (Å²) in [6.07, 6.45) is 2.22. The average molecular weight is 390 g/mol. The summed E-state index contributed by atoms with van der Waals surface area (Å²) in [5.41, 5.74) is 3.67. The van der Waals surface area contributed by atoms with Crippen LogP contribution in [-0.4, -0.2) is 16.7 Å². The predicted octanol–water partition coefficient (Wildman–Crippen LogP) is 4.82. The van der Waals surface area contributed by atoms with Crippen LogP contribution in [0.5, 0.6) is 0 Å². The van der Waals surface area contributed by atoms with Crippen molar-refractivity contribution in [1.29, 1.82) is 5.26 Å². The number of nitrogens with zero attached hydrogens (tertiary/aromatic N) is 3. The summed E-state index contributed by atoms with van der Waals surface area (Å²) in [5, 5.41) is 9.59. The van der Waals surface area contributed by atoms with Crippen LogP contribution in [0.2, 0.25) is 0 Å². The van der Waals surface area contributed by atoms with E-state index in [9.17, 15) is 5.26 Å². The Bertz CT molecular complexity index is 840. The van der Waals surface area contributed by atoms with Gasteiger partial charge in [0, 0.05) is 33.9 Å². The smallest absolute Gasteiger partial charge is 0.142 e. The van der Waals surface area contributed by atoms with Crippen molar-refractivity contribution >= 4 is 21.6 Å². The first-order chi connectivity index (χ1) is 12.3. The van der Waals surface area contributed by atoms with E-state index >= 15 is 0 Å². The van der Waals surface area contributed by atoms with Gasteiger partial charge in [-0.25, -0.2) is 0 Å². The van der Waals surface area contributed by atoms with Crippen molar-refractivity contribution in [1.82, 2.24) is 4.98 Å². The molecular formula is C21H16BrN3. The highest BCUT2D eigenvalue weighted by atomic mass is 79.9. The zero-order valence-electron chi connectivity index (χ0n) is 13.5. The van der Waals surface area contributed by atoms with Gasteiger partial charge in [0.1, 0.15) is 6.04 Å². The number of nitriles is 1. The molecule has 0 radical (unpaired) electrons. The minimum absolute atomic E-state index is 0.479. The molecule has 0 spiro atoms. The van der Waals surface area contributed by atoms with Crippen LogP contribution in [0.25, 0.3) is 0 Å². The Labute approximate surface area is 155 Å². The largest absolute Gasteiger partial charge is 0.265 e. The topological polar surface area (TPSA) is 49.0 Å². The van der Waals surface area contributed by atoms with Gasteiger partial charge in [-0.1, -0.05) is 60.7 Å². The Morgan fingerprint density at radius 3 is 2.04 bits per heavy atom. The summed E-state index contributed by atoms with van der Waals surface area (Å²) in [5.74, 6) is 0. The molecule has 3 aromatic rings. The van der Waals surface area contributed by atoms with Crippen LogP contribution >= 0.6 is 15.9 Å². The molecule has 122 valence electrons. The Morgan fingerprint density at radius 2 is 1.56 bits per heavy atom. The highest BCUT2D eigenvalue weighted by Gasteiger charge is 2.13. The SMILES string of the molecule is N#CC(Cc1ccc(Br)cn1)N=C(c1ccccc1)c1ccccc1. The lowest BCUT2D eigenvalue weighted by molar-refractivity contribution is 0.801. The molecule has 3 nitrogen and oxygen atoms in total. The molecule has 25 heavy (non-hydrogen) atoms. The number of aliphatic imine (C=N–C) groups is 1. The van der Waals surface area contributed by atoms with Gasteiger partial charge in [0.15, 0.2) is 0 Å². The number of benzene rings is 2. The van der Waals surface area contributed by atoms with Gasteiger partial charge in [-0.2, -0.15) is 5.26 Å². The quantitative estimate of drug-likeness (QED) is 0.587. The van der Waals surface area contributed by atoms with Crippen molar-refractivity contribution in [2.45, 2.75) is 12.5 Å². The molecule has 2 aromatic carbocycles. The van der Waals surface area contributed by atoms with Crippen molar-refractivity contribution in [3.8, 4) is 6.07 Å². The van der Waals surface area contributed by atoms with Gasteiger partial charge >= 0.3 is 0 Å². The summed E-state index contributed by atoms with van der Waals surface area (Å²) >= 11 is 3.38. The maximum Gasteiger partial charge on any atom is 0.142 e. The van der Waals surface area contributed by atoms with Gasteiger partial charge in [-0.15, -0.1) is 0 Å². The van der Waals surface area contributed by atoms with Gasteiger partial charge in [-0.05, 0) is 28.1 Å². The van der Waals surface area contributed by atoms with E-state index < -0.39 is 6.04 Å². The highest BCUT2D eigenvalue weighted by molar-refractivity contribution is 9.10. The van der Waals surface area contributed by atoms with Gasteiger partial charge < -0.3 is 0 Å². The summed E-state index contributed by atoms with van der Waals surface area (Å²) in [7, 11) is 0. The fourth-order valence-corrected chi connectivity index (χ4v) is 2.74. The number of hydrogen-bond acceptors (Lipinski definition) is 3. The molecule has 0 bridgehead atoms. The molecule has 1 atom stereocenters. The van der Waals surface area contributed by atoms with Crippen LogP contribution in [0.3, 0.4) is 0 Å². The third kappa shape index (κ3) is 4.62. The lowest BCUT2D eigenvalue weighted by atomic mass is 10.0. The van der Waals surface area contributed by atoms with E-state index in [1.807, 2.05) is 72.8 Å². The zero-order chi connectivity index (χ0) is 17.5. The van der Waals surface area contributed by atoms with E-state index in [0.29, 0.717) is 6.42 Å². The van der Waals surface area contributed by atoms with Crippen molar-refractivity contribution < 1.29 is 0 Å². The third-order valence-corrected chi connectivity index (χ3v) is 4.19. The molecule has 0 aliphatic rings. The van der Waals surface area contributed by atoms with Gasteiger partial charge in [-0.3, -0.25) is 9.98 Å². The molecule has 1 unspecified atom stereocenters. The standard InChI is InChI=1S/C21H16BrN3/c22-18-11-12-19(24-15-18)13-20(14-23)25-21(16-7-3-1-4-8-16)17-9-5-2-6-10-17/h1-12,15,20H,13H2. The van der Waals surface area contributed by atoms with Crippen LogP contribution in [0.15, 0.2) is 88.5 Å². The van der Waals surface area contributed by atoms with Crippen molar-refractivity contribution in [3.63, 3.8) is 0 Å². The Morgan fingerprint density at radius 1 is 0.960 bits per heavy atom. The van der Waals surface area contributed by atoms with E-state index in [4.69, 9.17) is 4.99 Å². The van der Waals surface area contributed by atoms with Gasteiger partial charge in [0.2, 0.25) is 0 Å². The average Bonchev–Trinajstić information content (AvgIpc) is 2.68. The second kappa shape index (κ2) is 8.36. The first-order valence-electron chi connectivity index (χ1n) is 7.95. The monoisotopic (exact) mass is 389 g/mol. The number of rotatable bonds is 5. The second-order valence-electron chi connectivity index (χ2n) is 5.53.